The van der Waals surface area contributed by atoms with Crippen molar-refractivity contribution in [2.45, 2.75) is 27.7 Å². The van der Waals surface area contributed by atoms with Crippen LogP contribution in [-0.4, -0.2) is 11.9 Å². The van der Waals surface area contributed by atoms with E-state index in [1.165, 1.54) is 0 Å². The lowest BCUT2D eigenvalue weighted by Crippen LogP contribution is -1.99. The summed E-state index contributed by atoms with van der Waals surface area (Å²) in [5, 5.41) is 0. The van der Waals surface area contributed by atoms with Gasteiger partial charge < -0.3 is 4.74 Å². The number of rotatable bonds is 1. The molecule has 0 saturated carbocycles. The molecule has 0 bridgehead atoms. The highest BCUT2D eigenvalue weighted by atomic mass is 16.6. The van der Waals surface area contributed by atoms with Crippen molar-refractivity contribution in [2.75, 3.05) is 0 Å². The van der Waals surface area contributed by atoms with Crippen molar-refractivity contribution in [1.29, 1.82) is 0 Å². The van der Waals surface area contributed by atoms with Crippen molar-refractivity contribution in [3.05, 3.63) is 52.1 Å². The number of hydrogen-bond donors (Lipinski definition) is 0. The maximum atomic E-state index is 11.8. The molecule has 1 saturated heterocycles. The highest BCUT2D eigenvalue weighted by molar-refractivity contribution is 6.22. The van der Waals surface area contributed by atoms with Crippen LogP contribution >= 0.6 is 0 Å². The summed E-state index contributed by atoms with van der Waals surface area (Å²) in [6, 6.07) is 7.83. The number of hydrogen-bond acceptors (Lipinski definition) is 3. The van der Waals surface area contributed by atoms with Crippen LogP contribution in [0.4, 0.5) is 0 Å². The van der Waals surface area contributed by atoms with Crippen LogP contribution in [0.1, 0.15) is 31.9 Å². The zero-order valence-electron chi connectivity index (χ0n) is 11.5. The Kier molecular flexibility index (Phi) is 3.38. The van der Waals surface area contributed by atoms with Gasteiger partial charge in [0, 0.05) is 0 Å². The van der Waals surface area contributed by atoms with E-state index in [0.29, 0.717) is 11.1 Å². The number of esters is 2. The number of cyclic esters (lactones) is 2. The summed E-state index contributed by atoms with van der Waals surface area (Å²) in [5.74, 6) is -1.11. The molecule has 0 aromatic heterocycles. The van der Waals surface area contributed by atoms with Crippen LogP contribution in [0, 0.1) is 6.92 Å². The lowest BCUT2D eigenvalue weighted by molar-refractivity contribution is -0.149. The standard InChI is InChI=1S/C16H16O3/c1-9(2)13-14(16(18)19-15(13)17)11(4)12-7-5-10(3)6-8-12/h5-8H,1-4H3/b14-11+. The second kappa shape index (κ2) is 4.84. The van der Waals surface area contributed by atoms with Crippen molar-refractivity contribution in [1.82, 2.24) is 0 Å². The first-order valence-electron chi connectivity index (χ1n) is 6.14. The molecule has 0 spiro atoms. The van der Waals surface area contributed by atoms with Gasteiger partial charge in [0.2, 0.25) is 0 Å². The molecule has 0 N–H and O–H groups in total. The van der Waals surface area contributed by atoms with Crippen molar-refractivity contribution >= 4 is 17.5 Å². The molecule has 0 amide bonds. The number of allylic oxidation sites excluding steroid dienone is 2. The third kappa shape index (κ3) is 2.36. The first-order valence-corrected chi connectivity index (χ1v) is 6.14. The molecule has 98 valence electrons. The van der Waals surface area contributed by atoms with E-state index in [1.807, 2.05) is 38.1 Å². The van der Waals surface area contributed by atoms with E-state index in [1.54, 1.807) is 13.8 Å². The maximum absolute atomic E-state index is 11.8. The van der Waals surface area contributed by atoms with Gasteiger partial charge in [0.15, 0.2) is 0 Å². The Morgan fingerprint density at radius 1 is 0.895 bits per heavy atom. The quantitative estimate of drug-likeness (QED) is 0.440. The van der Waals surface area contributed by atoms with Crippen LogP contribution < -0.4 is 0 Å². The number of ether oxygens (including phenoxy) is 1. The molecule has 1 aliphatic rings. The Morgan fingerprint density at radius 2 is 1.42 bits per heavy atom. The summed E-state index contributed by atoms with van der Waals surface area (Å²) in [6.45, 7) is 7.44. The van der Waals surface area contributed by atoms with E-state index in [9.17, 15) is 9.59 Å². The molecule has 0 aliphatic carbocycles. The van der Waals surface area contributed by atoms with E-state index in [-0.39, 0.29) is 0 Å². The molecule has 0 atom stereocenters. The van der Waals surface area contributed by atoms with Gasteiger partial charge in [0.1, 0.15) is 0 Å². The Labute approximate surface area is 112 Å². The summed E-state index contributed by atoms with van der Waals surface area (Å²) < 4.78 is 4.72. The van der Waals surface area contributed by atoms with Gasteiger partial charge in [-0.2, -0.15) is 0 Å². The van der Waals surface area contributed by atoms with E-state index in [4.69, 9.17) is 4.74 Å². The van der Waals surface area contributed by atoms with Gasteiger partial charge in [-0.1, -0.05) is 35.4 Å². The van der Waals surface area contributed by atoms with Crippen LogP contribution in [0.25, 0.3) is 5.57 Å². The molecule has 3 heteroatoms. The number of benzene rings is 1. The average molecular weight is 256 g/mol. The molecule has 1 aromatic rings. The van der Waals surface area contributed by atoms with Crippen LogP contribution in [-0.2, 0) is 14.3 Å². The maximum Gasteiger partial charge on any atom is 0.347 e. The summed E-state index contributed by atoms with van der Waals surface area (Å²) in [6.07, 6.45) is 0. The zero-order valence-corrected chi connectivity index (χ0v) is 11.5. The molecule has 1 aromatic carbocycles. The molecule has 1 aliphatic heterocycles. The van der Waals surface area contributed by atoms with Gasteiger partial charge in [-0.3, -0.25) is 0 Å². The van der Waals surface area contributed by atoms with Crippen LogP contribution in [0.3, 0.4) is 0 Å². The zero-order chi connectivity index (χ0) is 14.2. The van der Waals surface area contributed by atoms with Crippen molar-refractivity contribution < 1.29 is 14.3 Å². The number of carbonyl (C=O) groups is 2. The van der Waals surface area contributed by atoms with Crippen molar-refractivity contribution in [3.63, 3.8) is 0 Å². The van der Waals surface area contributed by atoms with Gasteiger partial charge in [-0.05, 0) is 38.8 Å². The lowest BCUT2D eigenvalue weighted by Gasteiger charge is -2.06. The van der Waals surface area contributed by atoms with Gasteiger partial charge in [-0.15, -0.1) is 0 Å². The van der Waals surface area contributed by atoms with Crippen LogP contribution in [0.15, 0.2) is 41.0 Å². The monoisotopic (exact) mass is 256 g/mol. The molecule has 19 heavy (non-hydrogen) atoms. The molecule has 3 nitrogen and oxygen atoms in total. The Bertz CT molecular complexity index is 612. The predicted octanol–water partition coefficient (Wildman–Crippen LogP) is 3.19. The largest absolute Gasteiger partial charge is 0.386 e. The fourth-order valence-corrected chi connectivity index (χ4v) is 2.13. The Balaban J connectivity index is 2.62. The van der Waals surface area contributed by atoms with Gasteiger partial charge >= 0.3 is 11.9 Å². The summed E-state index contributed by atoms with van der Waals surface area (Å²) >= 11 is 0. The van der Waals surface area contributed by atoms with E-state index >= 15 is 0 Å². The van der Waals surface area contributed by atoms with E-state index < -0.39 is 11.9 Å². The predicted molar refractivity (Wildman–Crippen MR) is 73.2 cm³/mol. The van der Waals surface area contributed by atoms with Crippen LogP contribution in [0.5, 0.6) is 0 Å². The molecule has 2 rings (SSSR count). The van der Waals surface area contributed by atoms with E-state index in [2.05, 4.69) is 0 Å². The van der Waals surface area contributed by atoms with E-state index in [0.717, 1.165) is 22.3 Å². The molecule has 1 heterocycles. The lowest BCUT2D eigenvalue weighted by atomic mass is 9.94. The SMILES string of the molecule is CC(C)=C1C(=O)OC(=O)/C1=C(\C)c1ccc(C)cc1. The van der Waals surface area contributed by atoms with Gasteiger partial charge in [-0.25, -0.2) is 9.59 Å². The van der Waals surface area contributed by atoms with Crippen molar-refractivity contribution in [2.24, 2.45) is 0 Å². The topological polar surface area (TPSA) is 43.4 Å². The molecule has 1 fully saturated rings. The summed E-state index contributed by atoms with van der Waals surface area (Å²) in [4.78, 5) is 23.5. The fraction of sp³-hybridized carbons (Fsp3) is 0.250. The third-order valence-electron chi connectivity index (χ3n) is 3.20. The molecular formula is C16H16O3. The molecular weight excluding hydrogens is 240 g/mol. The Hall–Kier alpha value is -2.16. The minimum atomic E-state index is -0.556. The fourth-order valence-electron chi connectivity index (χ4n) is 2.13. The van der Waals surface area contributed by atoms with Crippen LogP contribution in [0.2, 0.25) is 0 Å². The first-order chi connectivity index (χ1) is 8.91. The van der Waals surface area contributed by atoms with Crippen molar-refractivity contribution in [3.8, 4) is 0 Å². The normalized spacial score (nSPS) is 17.6. The minimum absolute atomic E-state index is 0.383. The second-order valence-electron chi connectivity index (χ2n) is 4.92. The average Bonchev–Trinajstić information content (AvgIpc) is 2.64. The first kappa shape index (κ1) is 13.3. The van der Waals surface area contributed by atoms with Gasteiger partial charge in [0.05, 0.1) is 11.1 Å². The summed E-state index contributed by atoms with van der Waals surface area (Å²) in [7, 11) is 0. The number of aryl methyl sites for hydroxylation is 1. The highest BCUT2D eigenvalue weighted by Gasteiger charge is 2.35. The summed E-state index contributed by atoms with van der Waals surface area (Å²) in [5.41, 5.74) is 4.40. The Morgan fingerprint density at radius 3 is 1.95 bits per heavy atom. The smallest absolute Gasteiger partial charge is 0.347 e. The molecule has 0 radical (unpaired) electrons. The molecule has 0 unspecified atom stereocenters. The third-order valence-corrected chi connectivity index (χ3v) is 3.20. The second-order valence-corrected chi connectivity index (χ2v) is 4.92. The highest BCUT2D eigenvalue weighted by Crippen LogP contribution is 2.32. The van der Waals surface area contributed by atoms with Gasteiger partial charge in [0.25, 0.3) is 0 Å². The number of carbonyl (C=O) groups excluding carboxylic acids is 2. The minimum Gasteiger partial charge on any atom is -0.386 e.